The number of rotatable bonds is 6. The number of ketones is 1. The predicted molar refractivity (Wildman–Crippen MR) is 100 cm³/mol. The normalized spacial score (nSPS) is 11.2. The predicted octanol–water partition coefficient (Wildman–Crippen LogP) is 4.89. The molecule has 0 radical (unpaired) electrons. The Morgan fingerprint density at radius 1 is 0.960 bits per heavy atom. The van der Waals surface area contributed by atoms with Crippen LogP contribution in [0.4, 0.5) is 5.69 Å². The van der Waals surface area contributed by atoms with Crippen LogP contribution in [0.25, 0.3) is 12.2 Å². The van der Waals surface area contributed by atoms with Crippen molar-refractivity contribution in [3.8, 4) is 0 Å². The maximum absolute atomic E-state index is 11.9. The number of hydrogen-bond acceptors (Lipinski definition) is 4. The zero-order valence-corrected chi connectivity index (χ0v) is 14.0. The molecule has 0 aliphatic carbocycles. The second kappa shape index (κ2) is 8.08. The minimum absolute atomic E-state index is 0.0181. The Labute approximate surface area is 149 Å². The summed E-state index contributed by atoms with van der Waals surface area (Å²) in [6.07, 6.45) is 7.86. The second-order valence-corrected chi connectivity index (χ2v) is 6.08. The molecule has 0 spiro atoms. The Hall–Kier alpha value is -3.18. The van der Waals surface area contributed by atoms with Gasteiger partial charge in [-0.2, -0.15) is 0 Å². The summed E-state index contributed by atoms with van der Waals surface area (Å²) in [4.78, 5) is 24.5. The first-order chi connectivity index (χ1) is 12.2. The van der Waals surface area contributed by atoms with Crippen molar-refractivity contribution in [2.45, 2.75) is 0 Å². The molecule has 0 unspecified atom stereocenters. The van der Waals surface area contributed by atoms with Crippen molar-refractivity contribution >= 4 is 40.9 Å². The van der Waals surface area contributed by atoms with Gasteiger partial charge in [0.15, 0.2) is 5.78 Å². The van der Waals surface area contributed by atoms with Crippen LogP contribution in [0, 0.1) is 0 Å². The molecule has 3 rings (SSSR count). The van der Waals surface area contributed by atoms with Gasteiger partial charge < -0.3 is 9.73 Å². The fourth-order valence-electron chi connectivity index (χ4n) is 2.08. The molecule has 0 saturated carbocycles. The molecular formula is C20H15NO3S. The highest BCUT2D eigenvalue weighted by atomic mass is 32.1. The molecule has 1 aromatic carbocycles. The third-order valence-corrected chi connectivity index (χ3v) is 4.20. The van der Waals surface area contributed by atoms with E-state index in [2.05, 4.69) is 5.32 Å². The van der Waals surface area contributed by atoms with E-state index >= 15 is 0 Å². The molecule has 0 fully saturated rings. The quantitative estimate of drug-likeness (QED) is 0.509. The molecule has 124 valence electrons. The summed E-state index contributed by atoms with van der Waals surface area (Å²) >= 11 is 1.42. The van der Waals surface area contributed by atoms with Crippen LogP contribution in [-0.2, 0) is 4.79 Å². The molecule has 25 heavy (non-hydrogen) atoms. The topological polar surface area (TPSA) is 59.3 Å². The van der Waals surface area contributed by atoms with Crippen LogP contribution >= 0.6 is 11.3 Å². The summed E-state index contributed by atoms with van der Waals surface area (Å²) in [5.41, 5.74) is 1.56. The van der Waals surface area contributed by atoms with Gasteiger partial charge in [-0.15, -0.1) is 11.3 Å². The smallest absolute Gasteiger partial charge is 0.248 e. The first-order valence-corrected chi connectivity index (χ1v) is 8.47. The van der Waals surface area contributed by atoms with E-state index in [0.29, 0.717) is 16.3 Å². The highest BCUT2D eigenvalue weighted by Crippen LogP contribution is 2.14. The lowest BCUT2D eigenvalue weighted by Gasteiger charge is -2.02. The van der Waals surface area contributed by atoms with Gasteiger partial charge >= 0.3 is 0 Å². The van der Waals surface area contributed by atoms with Crippen LogP contribution in [0.3, 0.4) is 0 Å². The van der Waals surface area contributed by atoms with Gasteiger partial charge in [0, 0.05) is 11.8 Å². The van der Waals surface area contributed by atoms with Gasteiger partial charge in [-0.05, 0) is 53.4 Å². The fraction of sp³-hybridized carbons (Fsp3) is 0. The summed E-state index contributed by atoms with van der Waals surface area (Å²) in [5, 5.41) is 4.64. The maximum atomic E-state index is 11.9. The van der Waals surface area contributed by atoms with E-state index in [-0.39, 0.29) is 11.7 Å². The number of allylic oxidation sites excluding steroid dienone is 1. The Morgan fingerprint density at radius 2 is 1.80 bits per heavy atom. The Morgan fingerprint density at radius 3 is 2.48 bits per heavy atom. The van der Waals surface area contributed by atoms with Crippen molar-refractivity contribution in [3.05, 3.63) is 88.5 Å². The second-order valence-electron chi connectivity index (χ2n) is 5.13. The van der Waals surface area contributed by atoms with Gasteiger partial charge in [0.1, 0.15) is 5.76 Å². The highest BCUT2D eigenvalue weighted by molar-refractivity contribution is 7.12. The van der Waals surface area contributed by atoms with Gasteiger partial charge in [0.05, 0.1) is 11.1 Å². The van der Waals surface area contributed by atoms with E-state index in [1.165, 1.54) is 17.4 Å². The largest absolute Gasteiger partial charge is 0.465 e. The molecule has 2 heterocycles. The van der Waals surface area contributed by atoms with E-state index in [1.54, 1.807) is 54.8 Å². The summed E-state index contributed by atoms with van der Waals surface area (Å²) < 4.78 is 5.12. The summed E-state index contributed by atoms with van der Waals surface area (Å²) in [5.74, 6) is 0.356. The number of carbonyl (C=O) groups excluding carboxylic acids is 2. The first kappa shape index (κ1) is 16.7. The van der Waals surface area contributed by atoms with Crippen LogP contribution in [0.15, 0.2) is 76.7 Å². The highest BCUT2D eigenvalue weighted by Gasteiger charge is 2.02. The van der Waals surface area contributed by atoms with Crippen LogP contribution in [0.5, 0.6) is 0 Å². The van der Waals surface area contributed by atoms with Crippen LogP contribution in [0.2, 0.25) is 0 Å². The molecule has 0 bridgehead atoms. The standard InChI is InChI=1S/C20H15NO3S/c22-18(19-4-2-14-25-19)11-7-15-5-8-16(9-6-15)21-20(23)12-10-17-3-1-13-24-17/h1-14H,(H,21,23). The number of anilines is 1. The summed E-state index contributed by atoms with van der Waals surface area (Å²) in [7, 11) is 0. The lowest BCUT2D eigenvalue weighted by molar-refractivity contribution is -0.111. The number of amides is 1. The molecule has 0 aliphatic heterocycles. The number of carbonyl (C=O) groups is 2. The minimum Gasteiger partial charge on any atom is -0.465 e. The number of nitrogens with one attached hydrogen (secondary N) is 1. The van der Waals surface area contributed by atoms with E-state index < -0.39 is 0 Å². The molecule has 0 atom stereocenters. The van der Waals surface area contributed by atoms with Crippen LogP contribution in [-0.4, -0.2) is 11.7 Å². The fourth-order valence-corrected chi connectivity index (χ4v) is 2.72. The molecule has 1 N–H and O–H groups in total. The van der Waals surface area contributed by atoms with Gasteiger partial charge in [-0.25, -0.2) is 0 Å². The number of hydrogen-bond donors (Lipinski definition) is 1. The molecule has 0 saturated heterocycles. The average molecular weight is 349 g/mol. The monoisotopic (exact) mass is 349 g/mol. The van der Waals surface area contributed by atoms with Crippen molar-refractivity contribution in [1.82, 2.24) is 0 Å². The number of thiophene rings is 1. The Balaban J connectivity index is 1.56. The van der Waals surface area contributed by atoms with Crippen molar-refractivity contribution in [2.24, 2.45) is 0 Å². The summed E-state index contributed by atoms with van der Waals surface area (Å²) in [6.45, 7) is 0. The van der Waals surface area contributed by atoms with Crippen molar-refractivity contribution in [2.75, 3.05) is 5.32 Å². The minimum atomic E-state index is -0.243. The molecule has 2 aromatic heterocycles. The SMILES string of the molecule is O=C(C=Cc1ccco1)Nc1ccc(C=CC(=O)c2cccs2)cc1. The van der Waals surface area contributed by atoms with E-state index in [1.807, 2.05) is 23.6 Å². The lowest BCUT2D eigenvalue weighted by Crippen LogP contribution is -2.07. The number of furan rings is 1. The van der Waals surface area contributed by atoms with Gasteiger partial charge in [0.25, 0.3) is 0 Å². The summed E-state index contributed by atoms with van der Waals surface area (Å²) in [6, 6.07) is 14.4. The molecule has 4 nitrogen and oxygen atoms in total. The lowest BCUT2D eigenvalue weighted by atomic mass is 10.1. The molecule has 1 amide bonds. The zero-order chi connectivity index (χ0) is 17.5. The molecule has 0 aliphatic rings. The van der Waals surface area contributed by atoms with Crippen molar-refractivity contribution in [1.29, 1.82) is 0 Å². The number of benzene rings is 1. The molecule has 3 aromatic rings. The van der Waals surface area contributed by atoms with E-state index in [4.69, 9.17) is 4.42 Å². The first-order valence-electron chi connectivity index (χ1n) is 7.59. The molecular weight excluding hydrogens is 334 g/mol. The van der Waals surface area contributed by atoms with Gasteiger partial charge in [-0.1, -0.05) is 24.3 Å². The van der Waals surface area contributed by atoms with Gasteiger partial charge in [0.2, 0.25) is 5.91 Å². The molecule has 5 heteroatoms. The maximum Gasteiger partial charge on any atom is 0.248 e. The van der Waals surface area contributed by atoms with Crippen LogP contribution in [0.1, 0.15) is 21.0 Å². The van der Waals surface area contributed by atoms with Crippen molar-refractivity contribution < 1.29 is 14.0 Å². The average Bonchev–Trinajstić information content (AvgIpc) is 3.32. The third-order valence-electron chi connectivity index (χ3n) is 3.31. The van der Waals surface area contributed by atoms with E-state index in [9.17, 15) is 9.59 Å². The van der Waals surface area contributed by atoms with E-state index in [0.717, 1.165) is 5.56 Å². The zero-order valence-electron chi connectivity index (χ0n) is 13.2. The Bertz CT molecular complexity index is 889. The van der Waals surface area contributed by atoms with Crippen molar-refractivity contribution in [3.63, 3.8) is 0 Å². The van der Waals surface area contributed by atoms with Crippen LogP contribution < -0.4 is 5.32 Å². The Kier molecular flexibility index (Phi) is 5.39. The third kappa shape index (κ3) is 4.89. The van der Waals surface area contributed by atoms with Gasteiger partial charge in [-0.3, -0.25) is 9.59 Å².